The first-order chi connectivity index (χ1) is 12.8. The smallest absolute Gasteiger partial charge is 0.270 e. The van der Waals surface area contributed by atoms with Crippen molar-refractivity contribution in [1.29, 1.82) is 0 Å². The molecule has 4 nitrogen and oxygen atoms in total. The van der Waals surface area contributed by atoms with E-state index in [2.05, 4.69) is 40.4 Å². The summed E-state index contributed by atoms with van der Waals surface area (Å²) in [5, 5.41) is 2.96. The molecule has 1 N–H and O–H groups in total. The minimum absolute atomic E-state index is 0.163. The Balaban J connectivity index is 1.58. The molecule has 0 unspecified atom stereocenters. The van der Waals surface area contributed by atoms with E-state index < -0.39 is 0 Å². The number of pyridine rings is 2. The van der Waals surface area contributed by atoms with Crippen LogP contribution in [0.4, 0.5) is 0 Å². The second kappa shape index (κ2) is 9.09. The summed E-state index contributed by atoms with van der Waals surface area (Å²) in [6, 6.07) is 15.7. The van der Waals surface area contributed by atoms with Gasteiger partial charge in [-0.3, -0.25) is 9.78 Å². The average Bonchev–Trinajstić information content (AvgIpc) is 2.69. The second-order valence-electron chi connectivity index (χ2n) is 6.55. The van der Waals surface area contributed by atoms with E-state index in [4.69, 9.17) is 0 Å². The summed E-state index contributed by atoms with van der Waals surface area (Å²) in [5.74, 6) is -0.163. The van der Waals surface area contributed by atoms with E-state index in [0.717, 1.165) is 23.0 Å². The maximum absolute atomic E-state index is 12.4. The zero-order valence-electron chi connectivity index (χ0n) is 15.2. The van der Waals surface area contributed by atoms with E-state index in [1.165, 1.54) is 31.2 Å². The largest absolute Gasteiger partial charge is 0.347 e. The predicted molar refractivity (Wildman–Crippen MR) is 105 cm³/mol. The highest BCUT2D eigenvalue weighted by atomic mass is 16.1. The van der Waals surface area contributed by atoms with E-state index in [1.54, 1.807) is 12.3 Å². The van der Waals surface area contributed by atoms with Gasteiger partial charge in [-0.2, -0.15) is 0 Å². The Hall–Kier alpha value is -2.75. The maximum atomic E-state index is 12.4. The number of carbonyl (C=O) groups excluding carboxylic acids is 1. The summed E-state index contributed by atoms with van der Waals surface area (Å²) in [7, 11) is 0. The molecule has 1 aromatic carbocycles. The zero-order chi connectivity index (χ0) is 18.2. The molecule has 134 valence electrons. The third kappa shape index (κ3) is 4.88. The number of carbonyl (C=O) groups is 1. The first-order valence-corrected chi connectivity index (χ1v) is 9.34. The number of benzene rings is 1. The number of nitrogens with zero attached hydrogens (tertiary/aromatic N) is 2. The van der Waals surface area contributed by atoms with E-state index in [-0.39, 0.29) is 5.91 Å². The SMILES string of the molecule is CCCCCCc1cccc(CNC(=O)c2ccc3ncccc3n2)c1. The molecule has 0 radical (unpaired) electrons. The van der Waals surface area contributed by atoms with Gasteiger partial charge >= 0.3 is 0 Å². The summed E-state index contributed by atoms with van der Waals surface area (Å²) >= 11 is 0. The first-order valence-electron chi connectivity index (χ1n) is 9.34. The lowest BCUT2D eigenvalue weighted by Crippen LogP contribution is -2.23. The molecule has 0 spiro atoms. The quantitative estimate of drug-likeness (QED) is 0.602. The molecular formula is C22H25N3O. The fourth-order valence-electron chi connectivity index (χ4n) is 3.01. The number of fused-ring (bicyclic) bond motifs is 1. The molecular weight excluding hydrogens is 322 g/mol. The van der Waals surface area contributed by atoms with Gasteiger partial charge in [0.05, 0.1) is 11.0 Å². The van der Waals surface area contributed by atoms with Crippen LogP contribution in [0.3, 0.4) is 0 Å². The van der Waals surface area contributed by atoms with Crippen LogP contribution in [0.25, 0.3) is 11.0 Å². The van der Waals surface area contributed by atoms with Crippen LogP contribution < -0.4 is 5.32 Å². The molecule has 0 aliphatic rings. The predicted octanol–water partition coefficient (Wildman–Crippen LogP) is 4.68. The van der Waals surface area contributed by atoms with Crippen molar-refractivity contribution in [3.8, 4) is 0 Å². The average molecular weight is 347 g/mol. The number of unbranched alkanes of at least 4 members (excludes halogenated alkanes) is 3. The number of aromatic nitrogens is 2. The van der Waals surface area contributed by atoms with Crippen LogP contribution in [-0.2, 0) is 13.0 Å². The summed E-state index contributed by atoms with van der Waals surface area (Å²) in [5.41, 5.74) is 4.40. The normalized spacial score (nSPS) is 10.8. The fraction of sp³-hybridized carbons (Fsp3) is 0.318. The van der Waals surface area contributed by atoms with Gasteiger partial charge in [-0.1, -0.05) is 50.5 Å². The Labute approximate surface area is 154 Å². The van der Waals surface area contributed by atoms with Gasteiger partial charge in [0.25, 0.3) is 5.91 Å². The van der Waals surface area contributed by atoms with Crippen LogP contribution in [0, 0.1) is 0 Å². The molecule has 0 fully saturated rings. The summed E-state index contributed by atoms with van der Waals surface area (Å²) in [6.07, 6.45) is 7.87. The molecule has 3 rings (SSSR count). The Morgan fingerprint density at radius 1 is 0.962 bits per heavy atom. The number of hydrogen-bond acceptors (Lipinski definition) is 3. The monoisotopic (exact) mass is 347 g/mol. The van der Waals surface area contributed by atoms with E-state index >= 15 is 0 Å². The molecule has 3 aromatic rings. The standard InChI is InChI=1S/C22H25N3O/c1-2-3-4-5-8-17-9-6-10-18(15-17)16-24-22(26)21-13-12-19-20(25-21)11-7-14-23-19/h6-7,9-15H,2-5,8,16H2,1H3,(H,24,26). The lowest BCUT2D eigenvalue weighted by atomic mass is 10.0. The van der Waals surface area contributed by atoms with Gasteiger partial charge in [0.15, 0.2) is 0 Å². The zero-order valence-corrected chi connectivity index (χ0v) is 15.2. The van der Waals surface area contributed by atoms with Gasteiger partial charge in [-0.05, 0) is 48.2 Å². The molecule has 0 atom stereocenters. The molecule has 2 aromatic heterocycles. The number of hydrogen-bond donors (Lipinski definition) is 1. The highest BCUT2D eigenvalue weighted by molar-refractivity contribution is 5.94. The van der Waals surface area contributed by atoms with Crippen molar-refractivity contribution < 1.29 is 4.79 Å². The third-order valence-corrected chi connectivity index (χ3v) is 4.45. The van der Waals surface area contributed by atoms with E-state index in [1.807, 2.05) is 24.3 Å². The highest BCUT2D eigenvalue weighted by Crippen LogP contribution is 2.12. The van der Waals surface area contributed by atoms with E-state index in [0.29, 0.717) is 12.2 Å². The number of amides is 1. The van der Waals surface area contributed by atoms with Gasteiger partial charge in [0.2, 0.25) is 0 Å². The van der Waals surface area contributed by atoms with Crippen LogP contribution in [0.15, 0.2) is 54.7 Å². The van der Waals surface area contributed by atoms with Gasteiger partial charge in [0, 0.05) is 12.7 Å². The molecule has 0 bridgehead atoms. The lowest BCUT2D eigenvalue weighted by Gasteiger charge is -2.08. The van der Waals surface area contributed by atoms with Crippen LogP contribution in [0.5, 0.6) is 0 Å². The number of rotatable bonds is 8. The van der Waals surface area contributed by atoms with E-state index in [9.17, 15) is 4.79 Å². The summed E-state index contributed by atoms with van der Waals surface area (Å²) in [4.78, 5) is 21.0. The lowest BCUT2D eigenvalue weighted by molar-refractivity contribution is 0.0946. The molecule has 0 saturated carbocycles. The molecule has 1 amide bonds. The van der Waals surface area contributed by atoms with Gasteiger partial charge < -0.3 is 5.32 Å². The van der Waals surface area contributed by atoms with Crippen LogP contribution in [0.1, 0.15) is 54.2 Å². The summed E-state index contributed by atoms with van der Waals surface area (Å²) < 4.78 is 0. The van der Waals surface area contributed by atoms with Crippen molar-refractivity contribution in [2.45, 2.75) is 45.6 Å². The minimum atomic E-state index is -0.163. The molecule has 0 aliphatic carbocycles. The van der Waals surface area contributed by atoms with Crippen molar-refractivity contribution in [1.82, 2.24) is 15.3 Å². The van der Waals surface area contributed by atoms with Crippen LogP contribution in [-0.4, -0.2) is 15.9 Å². The Kier molecular flexibility index (Phi) is 6.31. The molecule has 26 heavy (non-hydrogen) atoms. The van der Waals surface area contributed by atoms with Crippen molar-refractivity contribution in [3.63, 3.8) is 0 Å². The highest BCUT2D eigenvalue weighted by Gasteiger charge is 2.08. The van der Waals surface area contributed by atoms with Crippen molar-refractivity contribution in [2.24, 2.45) is 0 Å². The topological polar surface area (TPSA) is 54.9 Å². The number of aryl methyl sites for hydroxylation is 1. The maximum Gasteiger partial charge on any atom is 0.270 e. The Bertz CT molecular complexity index is 876. The van der Waals surface area contributed by atoms with Crippen molar-refractivity contribution in [3.05, 3.63) is 71.5 Å². The Morgan fingerprint density at radius 3 is 2.73 bits per heavy atom. The van der Waals surface area contributed by atoms with Gasteiger partial charge in [0.1, 0.15) is 5.69 Å². The molecule has 0 saturated heterocycles. The van der Waals surface area contributed by atoms with Crippen LogP contribution >= 0.6 is 0 Å². The molecule has 0 aliphatic heterocycles. The van der Waals surface area contributed by atoms with Crippen molar-refractivity contribution in [2.75, 3.05) is 0 Å². The van der Waals surface area contributed by atoms with Crippen LogP contribution in [0.2, 0.25) is 0 Å². The first kappa shape index (κ1) is 18.1. The minimum Gasteiger partial charge on any atom is -0.347 e. The Morgan fingerprint density at radius 2 is 1.85 bits per heavy atom. The molecule has 4 heteroatoms. The van der Waals surface area contributed by atoms with Crippen molar-refractivity contribution >= 4 is 16.9 Å². The third-order valence-electron chi connectivity index (χ3n) is 4.45. The molecule has 2 heterocycles. The van der Waals surface area contributed by atoms with Gasteiger partial charge in [-0.15, -0.1) is 0 Å². The van der Waals surface area contributed by atoms with Gasteiger partial charge in [-0.25, -0.2) is 4.98 Å². The number of nitrogens with one attached hydrogen (secondary N) is 1. The fourth-order valence-corrected chi connectivity index (χ4v) is 3.01. The summed E-state index contributed by atoms with van der Waals surface area (Å²) in [6.45, 7) is 2.73. The second-order valence-corrected chi connectivity index (χ2v) is 6.55.